The van der Waals surface area contributed by atoms with Crippen molar-refractivity contribution in [2.45, 2.75) is 0 Å². The van der Waals surface area contributed by atoms with Gasteiger partial charge >= 0.3 is 11.4 Å². The smallest absolute Gasteiger partial charge is 0.326 e. The van der Waals surface area contributed by atoms with Crippen LogP contribution in [0.15, 0.2) is 24.3 Å². The van der Waals surface area contributed by atoms with Crippen molar-refractivity contribution in [1.29, 1.82) is 11.1 Å². The lowest BCUT2D eigenvalue weighted by Gasteiger charge is -2.09. The van der Waals surface area contributed by atoms with E-state index in [1.165, 1.54) is 0 Å². The first-order valence-electron chi connectivity index (χ1n) is 5.67. The Morgan fingerprint density at radius 2 is 1.65 bits per heavy atom. The highest BCUT2D eigenvalue weighted by Crippen LogP contribution is 2.42. The van der Waals surface area contributed by atoms with Gasteiger partial charge in [0.05, 0.1) is 16.4 Å². The summed E-state index contributed by atoms with van der Waals surface area (Å²) in [6.45, 7) is 0. The average Bonchev–Trinajstić information content (AvgIpc) is 2.45. The maximum absolute atomic E-state index is 11.4. The van der Waals surface area contributed by atoms with E-state index >= 15 is 0 Å². The molecular weight excluding hydrogens is 334 g/mol. The van der Waals surface area contributed by atoms with Crippen molar-refractivity contribution in [3.63, 3.8) is 0 Å². The fourth-order valence-electron chi connectivity index (χ4n) is 1.99. The number of benzene rings is 2. The van der Waals surface area contributed by atoms with Gasteiger partial charge < -0.3 is 14.6 Å². The molecule has 120 valence electrons. The third kappa shape index (κ3) is 2.98. The lowest BCUT2D eigenvalue weighted by molar-refractivity contribution is -0.499. The van der Waals surface area contributed by atoms with E-state index < -0.39 is 48.4 Å². The fourth-order valence-corrected chi connectivity index (χ4v) is 2.30. The molecule has 23 heavy (non-hydrogen) atoms. The van der Waals surface area contributed by atoms with Gasteiger partial charge in [0.2, 0.25) is 0 Å². The molecule has 0 heterocycles. The number of thiol groups is 1. The summed E-state index contributed by atoms with van der Waals surface area (Å²) in [7, 11) is -3.42. The van der Waals surface area contributed by atoms with E-state index in [4.69, 9.17) is 11.1 Å². The molecule has 13 heteroatoms. The Labute approximate surface area is 128 Å². The van der Waals surface area contributed by atoms with E-state index in [1.807, 2.05) is 0 Å². The van der Waals surface area contributed by atoms with Crippen molar-refractivity contribution in [1.82, 2.24) is 0 Å². The number of fused-ring (bicyclic) bond motifs is 1. The van der Waals surface area contributed by atoms with Crippen LogP contribution >= 0.6 is 0 Å². The second-order valence-electron chi connectivity index (χ2n) is 4.13. The van der Waals surface area contributed by atoms with E-state index in [2.05, 4.69) is 4.18 Å². The Bertz CT molecular complexity index is 931. The number of hydrogen-bond donors (Lipinski definition) is 3. The molecule has 0 aliphatic carbocycles. The van der Waals surface area contributed by atoms with E-state index in [-0.39, 0.29) is 10.8 Å². The number of nitro groups is 1. The van der Waals surface area contributed by atoms with Gasteiger partial charge in [-0.1, -0.05) is 9.72 Å². The van der Waals surface area contributed by atoms with Crippen molar-refractivity contribution in [3.05, 3.63) is 44.8 Å². The fraction of sp³-hybridized carbons (Fsp3) is 0. The standard InChI is InChI=1S/C10H7N5O7S/c11-13(16)8-4-9(22-23(20)21)7-3-5(15(18)19)1-2-6(7)10(8)14(12)17/h1-4,11-12,23H. The molecule has 2 aromatic carbocycles. The first-order chi connectivity index (χ1) is 10.7. The van der Waals surface area contributed by atoms with Crippen LogP contribution in [0.4, 0.5) is 17.1 Å². The molecule has 0 aliphatic rings. The number of nitrogens with zero attached hydrogens (tertiary/aromatic N) is 3. The third-order valence-corrected chi connectivity index (χ3v) is 3.19. The number of rotatable bonds is 5. The van der Waals surface area contributed by atoms with Crippen LogP contribution in [0.5, 0.6) is 5.75 Å². The summed E-state index contributed by atoms with van der Waals surface area (Å²) >= 11 is 0. The van der Waals surface area contributed by atoms with E-state index in [0.29, 0.717) is 0 Å². The van der Waals surface area contributed by atoms with Crippen molar-refractivity contribution < 1.29 is 27.2 Å². The molecule has 2 rings (SSSR count). The topological polar surface area (TPSA) is 186 Å². The van der Waals surface area contributed by atoms with Crippen molar-refractivity contribution >= 4 is 38.8 Å². The molecule has 0 aromatic heterocycles. The summed E-state index contributed by atoms with van der Waals surface area (Å²) in [5.41, 5.74) is 12.5. The molecule has 0 unspecified atom stereocenters. The number of nitrogens with one attached hydrogen (secondary N) is 2. The van der Waals surface area contributed by atoms with Crippen LogP contribution in [-0.4, -0.2) is 23.1 Å². The quantitative estimate of drug-likeness (QED) is 0.244. The summed E-state index contributed by atoms with van der Waals surface area (Å²) in [5.74, 6) is -0.478. The number of non-ortho nitro benzene ring substituents is 1. The maximum atomic E-state index is 11.4. The van der Waals surface area contributed by atoms with Gasteiger partial charge in [-0.05, 0) is 17.1 Å². The van der Waals surface area contributed by atoms with Crippen LogP contribution in [0.2, 0.25) is 0 Å². The van der Waals surface area contributed by atoms with Gasteiger partial charge in [-0.15, -0.1) is 0 Å². The van der Waals surface area contributed by atoms with Gasteiger partial charge in [-0.2, -0.15) is 8.42 Å². The van der Waals surface area contributed by atoms with Crippen LogP contribution in [0.3, 0.4) is 0 Å². The molecule has 12 nitrogen and oxygen atoms in total. The summed E-state index contributed by atoms with van der Waals surface area (Å²) in [6.07, 6.45) is 0. The lowest BCUT2D eigenvalue weighted by Crippen LogP contribution is -2.00. The Morgan fingerprint density at radius 1 is 1.00 bits per heavy atom. The zero-order chi connectivity index (χ0) is 17.3. The molecule has 2 aromatic rings. The second-order valence-corrected chi connectivity index (χ2v) is 4.76. The van der Waals surface area contributed by atoms with Gasteiger partial charge in [-0.3, -0.25) is 10.1 Å². The summed E-state index contributed by atoms with van der Waals surface area (Å²) in [5, 5.41) is 33.1. The van der Waals surface area contributed by atoms with Gasteiger partial charge in [0, 0.05) is 17.5 Å². The Balaban J connectivity index is 2.98. The van der Waals surface area contributed by atoms with E-state index in [9.17, 15) is 28.9 Å². The van der Waals surface area contributed by atoms with Crippen LogP contribution in [0.25, 0.3) is 10.8 Å². The molecule has 0 spiro atoms. The van der Waals surface area contributed by atoms with Crippen LogP contribution in [0, 0.1) is 31.6 Å². The minimum atomic E-state index is -3.42. The van der Waals surface area contributed by atoms with Crippen molar-refractivity contribution in [2.75, 3.05) is 0 Å². The Hall–Kier alpha value is -3.35. The molecule has 0 bridgehead atoms. The molecule has 0 atom stereocenters. The van der Waals surface area contributed by atoms with Crippen LogP contribution < -0.4 is 4.18 Å². The van der Waals surface area contributed by atoms with Gasteiger partial charge in [0.1, 0.15) is 0 Å². The summed E-state index contributed by atoms with van der Waals surface area (Å²) in [6, 6.07) is 3.73. The average molecular weight is 341 g/mol. The molecular formula is C10H7N5O7S. The molecule has 0 saturated carbocycles. The second kappa shape index (κ2) is 5.80. The van der Waals surface area contributed by atoms with Gasteiger partial charge in [0.15, 0.2) is 5.75 Å². The monoisotopic (exact) mass is 341 g/mol. The highest BCUT2D eigenvalue weighted by molar-refractivity contribution is 7.67. The highest BCUT2D eigenvalue weighted by Gasteiger charge is 2.28. The number of hydrogen-bond acceptors (Lipinski definition) is 9. The minimum Gasteiger partial charge on any atom is -0.594 e. The zero-order valence-electron chi connectivity index (χ0n) is 11.0. The minimum absolute atomic E-state index is 0.155. The number of nitro benzene ring substituents is 1. The van der Waals surface area contributed by atoms with Crippen LogP contribution in [-0.2, 0) is 11.0 Å². The van der Waals surface area contributed by atoms with Crippen molar-refractivity contribution in [2.24, 2.45) is 0 Å². The Kier molecular flexibility index (Phi) is 4.04. The molecule has 2 N–H and O–H groups in total. The summed E-state index contributed by atoms with van der Waals surface area (Å²) in [4.78, 5) is 9.11. The zero-order valence-corrected chi connectivity index (χ0v) is 11.9. The maximum Gasteiger partial charge on any atom is 0.326 e. The van der Waals surface area contributed by atoms with Gasteiger partial charge in [0.25, 0.3) is 16.7 Å². The molecule has 0 aliphatic heterocycles. The normalized spacial score (nSPS) is 10.7. The largest absolute Gasteiger partial charge is 0.594 e. The predicted octanol–water partition coefficient (Wildman–Crippen LogP) is 2.00. The third-order valence-electron chi connectivity index (χ3n) is 2.84. The Morgan fingerprint density at radius 3 is 2.13 bits per heavy atom. The lowest BCUT2D eigenvalue weighted by atomic mass is 10.1. The van der Waals surface area contributed by atoms with E-state index in [1.54, 1.807) is 0 Å². The SMILES string of the molecule is N=[N+]([O-])c1cc(O[SH](=O)=O)c2cc([N+](=O)[O-])ccc2c1[N+](=N)[O-]. The highest BCUT2D eigenvalue weighted by atomic mass is 32.2. The van der Waals surface area contributed by atoms with E-state index in [0.717, 1.165) is 24.3 Å². The summed E-state index contributed by atoms with van der Waals surface area (Å²) < 4.78 is 26.0. The predicted molar refractivity (Wildman–Crippen MR) is 73.6 cm³/mol. The van der Waals surface area contributed by atoms with Gasteiger partial charge in [-0.25, -0.2) is 0 Å². The molecule has 0 saturated heterocycles. The first-order valence-corrected chi connectivity index (χ1v) is 6.76. The molecule has 0 fully saturated rings. The first kappa shape index (κ1) is 16.0. The molecule has 0 amide bonds. The van der Waals surface area contributed by atoms with Crippen molar-refractivity contribution in [3.8, 4) is 5.75 Å². The van der Waals surface area contributed by atoms with Crippen LogP contribution in [0.1, 0.15) is 0 Å². The molecule has 0 radical (unpaired) electrons.